The van der Waals surface area contributed by atoms with Crippen LogP contribution in [0.3, 0.4) is 0 Å². The average molecular weight is 462 g/mol. The monoisotopic (exact) mass is 462 g/mol. The third-order valence-electron chi connectivity index (χ3n) is 4.34. The Morgan fingerprint density at radius 2 is 1.85 bits per heavy atom. The highest BCUT2D eigenvalue weighted by molar-refractivity contribution is 14.1. The number of hydrogen-bond acceptors (Lipinski definition) is 4. The smallest absolute Gasteiger partial charge is 0.255 e. The number of benzene rings is 2. The predicted molar refractivity (Wildman–Crippen MR) is 111 cm³/mol. The fraction of sp³-hybridized carbons (Fsp3) is 0.200. The molecular formula is C20H19IN2O3. The van der Waals surface area contributed by atoms with Gasteiger partial charge in [-0.2, -0.15) is 0 Å². The van der Waals surface area contributed by atoms with Crippen LogP contribution in [0.15, 0.2) is 53.7 Å². The number of amides is 1. The van der Waals surface area contributed by atoms with Gasteiger partial charge in [-0.25, -0.2) is 0 Å². The first-order valence-corrected chi connectivity index (χ1v) is 9.30. The fourth-order valence-electron chi connectivity index (χ4n) is 2.74. The Morgan fingerprint density at radius 3 is 2.42 bits per heavy atom. The summed E-state index contributed by atoms with van der Waals surface area (Å²) in [7, 11) is 1.60. The van der Waals surface area contributed by atoms with E-state index in [0.29, 0.717) is 17.7 Å². The molecule has 2 N–H and O–H groups in total. The highest BCUT2D eigenvalue weighted by Gasteiger charge is 2.20. The van der Waals surface area contributed by atoms with Gasteiger partial charge in [-0.15, -0.1) is 0 Å². The third-order valence-corrected chi connectivity index (χ3v) is 5.23. The highest BCUT2D eigenvalue weighted by Crippen LogP contribution is 2.28. The van der Waals surface area contributed by atoms with Crippen LogP contribution in [0.25, 0.3) is 0 Å². The zero-order valence-electron chi connectivity index (χ0n) is 14.6. The van der Waals surface area contributed by atoms with Crippen molar-refractivity contribution in [3.05, 3.63) is 62.9 Å². The summed E-state index contributed by atoms with van der Waals surface area (Å²) in [6, 6.07) is 12.7. The van der Waals surface area contributed by atoms with Gasteiger partial charge in [0.05, 0.1) is 12.8 Å². The van der Waals surface area contributed by atoms with Crippen molar-refractivity contribution in [2.75, 3.05) is 17.7 Å². The minimum absolute atomic E-state index is 0.175. The van der Waals surface area contributed by atoms with Crippen LogP contribution >= 0.6 is 22.6 Å². The van der Waals surface area contributed by atoms with Crippen molar-refractivity contribution in [1.82, 2.24) is 0 Å². The molecule has 0 atom stereocenters. The van der Waals surface area contributed by atoms with Gasteiger partial charge in [0.2, 0.25) is 0 Å². The second-order valence-corrected chi connectivity index (χ2v) is 7.19. The Balaban J connectivity index is 1.72. The van der Waals surface area contributed by atoms with Crippen LogP contribution in [0.2, 0.25) is 0 Å². The summed E-state index contributed by atoms with van der Waals surface area (Å²) < 4.78 is 6.03. The number of anilines is 2. The Hall–Kier alpha value is -2.35. The number of ketones is 1. The molecule has 2 aromatic rings. The molecule has 1 aliphatic carbocycles. The third kappa shape index (κ3) is 4.07. The summed E-state index contributed by atoms with van der Waals surface area (Å²) in [5.41, 5.74) is 3.93. The van der Waals surface area contributed by atoms with E-state index in [2.05, 4.69) is 33.2 Å². The molecule has 2 aromatic carbocycles. The maximum Gasteiger partial charge on any atom is 0.255 e. The summed E-state index contributed by atoms with van der Waals surface area (Å²) >= 11 is 2.19. The number of Topliss-reactive ketones (excluding diaryl/α,β-unsaturated/α-hetero) is 1. The predicted octanol–water partition coefficient (Wildman–Crippen LogP) is 4.60. The summed E-state index contributed by atoms with van der Waals surface area (Å²) in [5, 5.41) is 6.19. The van der Waals surface area contributed by atoms with E-state index in [1.165, 1.54) is 0 Å². The number of halogens is 1. The maximum atomic E-state index is 12.5. The second kappa shape index (κ2) is 7.90. The van der Waals surface area contributed by atoms with Crippen molar-refractivity contribution < 1.29 is 14.3 Å². The molecule has 6 heteroatoms. The number of carbonyl (C=O) groups is 2. The molecule has 0 heterocycles. The maximum absolute atomic E-state index is 12.5. The Labute approximate surface area is 166 Å². The van der Waals surface area contributed by atoms with Crippen LogP contribution in [0.1, 0.15) is 30.1 Å². The van der Waals surface area contributed by atoms with Crippen LogP contribution < -0.4 is 15.4 Å². The first-order chi connectivity index (χ1) is 12.5. The number of ether oxygens (including phenoxy) is 1. The van der Waals surface area contributed by atoms with Gasteiger partial charge in [0, 0.05) is 32.5 Å². The summed E-state index contributed by atoms with van der Waals surface area (Å²) in [6.07, 6.45) is 1.30. The number of methoxy groups -OCH3 is 1. The molecule has 134 valence electrons. The summed E-state index contributed by atoms with van der Waals surface area (Å²) in [6.45, 7) is 1.85. The van der Waals surface area contributed by atoms with Crippen molar-refractivity contribution in [2.45, 2.75) is 19.8 Å². The van der Waals surface area contributed by atoms with Gasteiger partial charge >= 0.3 is 0 Å². The molecular weight excluding hydrogens is 443 g/mol. The van der Waals surface area contributed by atoms with E-state index in [9.17, 15) is 9.59 Å². The van der Waals surface area contributed by atoms with Crippen molar-refractivity contribution >= 4 is 45.7 Å². The first kappa shape index (κ1) is 18.4. The van der Waals surface area contributed by atoms with Crippen molar-refractivity contribution in [3.63, 3.8) is 0 Å². The van der Waals surface area contributed by atoms with Crippen LogP contribution in [0.5, 0.6) is 5.75 Å². The van der Waals surface area contributed by atoms with Crippen LogP contribution in [0, 0.1) is 3.57 Å². The molecule has 0 saturated carbocycles. The zero-order valence-corrected chi connectivity index (χ0v) is 16.7. The van der Waals surface area contributed by atoms with Crippen molar-refractivity contribution in [2.24, 2.45) is 0 Å². The molecule has 0 unspecified atom stereocenters. The quantitative estimate of drug-likeness (QED) is 0.638. The second-order valence-electron chi connectivity index (χ2n) is 6.03. The molecule has 0 aliphatic heterocycles. The highest BCUT2D eigenvalue weighted by atomic mass is 127. The summed E-state index contributed by atoms with van der Waals surface area (Å²) in [4.78, 5) is 24.1. The number of hydrogen-bond donors (Lipinski definition) is 2. The Morgan fingerprint density at radius 1 is 1.12 bits per heavy atom. The lowest BCUT2D eigenvalue weighted by molar-refractivity contribution is -0.114. The van der Waals surface area contributed by atoms with E-state index in [4.69, 9.17) is 4.74 Å². The largest absolute Gasteiger partial charge is 0.497 e. The normalized spacial score (nSPS) is 13.7. The Bertz CT molecular complexity index is 888. The first-order valence-electron chi connectivity index (χ1n) is 8.23. The van der Waals surface area contributed by atoms with Crippen LogP contribution in [0.4, 0.5) is 11.4 Å². The number of nitrogens with one attached hydrogen (secondary N) is 2. The molecule has 5 nitrogen and oxygen atoms in total. The van der Waals surface area contributed by atoms with E-state index in [0.717, 1.165) is 32.7 Å². The van der Waals surface area contributed by atoms with E-state index in [-0.39, 0.29) is 11.7 Å². The topological polar surface area (TPSA) is 67.4 Å². The minimum atomic E-state index is -0.175. The molecule has 0 spiro atoms. The van der Waals surface area contributed by atoms with Gasteiger partial charge in [0.1, 0.15) is 5.75 Å². The van der Waals surface area contributed by atoms with Gasteiger partial charge in [0.15, 0.2) is 5.78 Å². The van der Waals surface area contributed by atoms with E-state index in [1.807, 2.05) is 19.1 Å². The zero-order chi connectivity index (χ0) is 18.7. The lowest BCUT2D eigenvalue weighted by Gasteiger charge is -2.12. The summed E-state index contributed by atoms with van der Waals surface area (Å²) in [5.74, 6) is 0.757. The molecule has 0 radical (unpaired) electrons. The standard InChI is InChI=1S/C20H19IN2O3/c1-12-17(9-10-19(12)24)23-18-8-3-13(11-16(18)21)20(25)22-14-4-6-15(26-2)7-5-14/h3-8,11,23H,9-10H2,1-2H3,(H,22,25). The number of rotatable bonds is 5. The SMILES string of the molecule is COc1ccc(NC(=O)c2ccc(NC3=C(C)C(=O)CC3)c(I)c2)cc1. The van der Waals surface area contributed by atoms with E-state index in [1.54, 1.807) is 37.4 Å². The molecule has 1 aliphatic rings. The van der Waals surface area contributed by atoms with Gasteiger partial charge in [0.25, 0.3) is 5.91 Å². The lowest BCUT2D eigenvalue weighted by atomic mass is 10.1. The van der Waals surface area contributed by atoms with Gasteiger partial charge in [-0.05, 0) is 78.4 Å². The minimum Gasteiger partial charge on any atom is -0.497 e. The van der Waals surface area contributed by atoms with Gasteiger partial charge in [-0.3, -0.25) is 9.59 Å². The molecule has 0 aromatic heterocycles. The molecule has 0 saturated heterocycles. The fourth-order valence-corrected chi connectivity index (χ4v) is 3.39. The van der Waals surface area contributed by atoms with Crippen molar-refractivity contribution in [3.8, 4) is 5.75 Å². The lowest BCUT2D eigenvalue weighted by Crippen LogP contribution is -2.12. The van der Waals surface area contributed by atoms with Crippen LogP contribution in [-0.2, 0) is 4.79 Å². The molecule has 26 heavy (non-hydrogen) atoms. The van der Waals surface area contributed by atoms with Crippen LogP contribution in [-0.4, -0.2) is 18.8 Å². The van der Waals surface area contributed by atoms with E-state index >= 15 is 0 Å². The van der Waals surface area contributed by atoms with Crippen molar-refractivity contribution in [1.29, 1.82) is 0 Å². The molecule has 0 bridgehead atoms. The molecule has 0 fully saturated rings. The molecule has 1 amide bonds. The van der Waals surface area contributed by atoms with E-state index < -0.39 is 0 Å². The molecule has 3 rings (SSSR count). The van der Waals surface area contributed by atoms with Gasteiger partial charge in [-0.1, -0.05) is 0 Å². The van der Waals surface area contributed by atoms with Gasteiger partial charge < -0.3 is 15.4 Å². The Kier molecular flexibility index (Phi) is 5.61. The number of carbonyl (C=O) groups excluding carboxylic acids is 2. The number of allylic oxidation sites excluding steroid dienone is 2. The average Bonchev–Trinajstić information content (AvgIpc) is 2.96.